The Labute approximate surface area is 103 Å². The molecular weight excluding hydrogens is 216 g/mol. The van der Waals surface area contributed by atoms with E-state index in [2.05, 4.69) is 48.5 Å². The van der Waals surface area contributed by atoms with Gasteiger partial charge >= 0.3 is 0 Å². The number of thioether (sulfide) groups is 1. The molecule has 0 fully saturated rings. The molecule has 0 unspecified atom stereocenters. The second-order valence-corrected chi connectivity index (χ2v) is 5.26. The fourth-order valence-electron chi connectivity index (χ4n) is 1.55. The molecule has 0 aliphatic heterocycles. The lowest BCUT2D eigenvalue weighted by Crippen LogP contribution is -2.26. The normalized spacial score (nSPS) is 11.0. The summed E-state index contributed by atoms with van der Waals surface area (Å²) in [5.74, 6) is 1.14. The fourth-order valence-corrected chi connectivity index (χ4v) is 2.21. The maximum Gasteiger partial charge on any atom is 0.0231 e. The van der Waals surface area contributed by atoms with Crippen LogP contribution in [0.1, 0.15) is 12.5 Å². The molecule has 1 aromatic rings. The Balaban J connectivity index is 2.41. The summed E-state index contributed by atoms with van der Waals surface area (Å²) in [6.45, 7) is 5.34. The van der Waals surface area contributed by atoms with Crippen molar-refractivity contribution in [1.82, 2.24) is 10.2 Å². The lowest BCUT2D eigenvalue weighted by Gasteiger charge is -2.16. The zero-order valence-electron chi connectivity index (χ0n) is 10.5. The first-order valence-corrected chi connectivity index (χ1v) is 6.79. The molecule has 0 radical (unpaired) electrons. The molecule has 1 rings (SSSR count). The third-order valence-corrected chi connectivity index (χ3v) is 3.32. The van der Waals surface area contributed by atoms with Gasteiger partial charge in [0.25, 0.3) is 0 Å². The summed E-state index contributed by atoms with van der Waals surface area (Å²) in [5.41, 5.74) is 1.39. The quantitative estimate of drug-likeness (QED) is 0.735. The summed E-state index contributed by atoms with van der Waals surface area (Å²) in [5, 5.41) is 3.17. The topological polar surface area (TPSA) is 15.3 Å². The van der Waals surface area contributed by atoms with Crippen LogP contribution in [0.5, 0.6) is 0 Å². The highest BCUT2D eigenvalue weighted by Gasteiger charge is 1.99. The smallest absolute Gasteiger partial charge is 0.0231 e. The van der Waals surface area contributed by atoms with Gasteiger partial charge in [-0.05, 0) is 37.5 Å². The highest BCUT2D eigenvalue weighted by atomic mass is 32.2. The summed E-state index contributed by atoms with van der Waals surface area (Å²) in [6.07, 6.45) is 0. The minimum absolute atomic E-state index is 1.03. The molecule has 1 N–H and O–H groups in total. The van der Waals surface area contributed by atoms with Crippen molar-refractivity contribution in [3.05, 3.63) is 29.8 Å². The largest absolute Gasteiger partial charge is 0.318 e. The van der Waals surface area contributed by atoms with E-state index in [-0.39, 0.29) is 0 Å². The Morgan fingerprint density at radius 3 is 2.50 bits per heavy atom. The van der Waals surface area contributed by atoms with Gasteiger partial charge in [-0.3, -0.25) is 0 Å². The molecule has 16 heavy (non-hydrogen) atoms. The molecule has 0 aliphatic carbocycles. The van der Waals surface area contributed by atoms with Gasteiger partial charge < -0.3 is 10.2 Å². The number of rotatable bonds is 7. The van der Waals surface area contributed by atoms with Gasteiger partial charge in [0.15, 0.2) is 0 Å². The van der Waals surface area contributed by atoms with E-state index in [4.69, 9.17) is 0 Å². The summed E-state index contributed by atoms with van der Waals surface area (Å²) in [4.78, 5) is 3.70. The van der Waals surface area contributed by atoms with Crippen LogP contribution in [0.2, 0.25) is 0 Å². The van der Waals surface area contributed by atoms with Crippen LogP contribution in [-0.2, 0) is 6.54 Å². The van der Waals surface area contributed by atoms with Crippen molar-refractivity contribution < 1.29 is 0 Å². The molecule has 0 aliphatic rings. The van der Waals surface area contributed by atoms with E-state index in [0.29, 0.717) is 0 Å². The van der Waals surface area contributed by atoms with Gasteiger partial charge in [-0.15, -0.1) is 11.8 Å². The molecule has 0 amide bonds. The molecule has 0 bridgehead atoms. The summed E-state index contributed by atoms with van der Waals surface area (Å²) >= 11 is 1.89. The van der Waals surface area contributed by atoms with E-state index in [1.807, 2.05) is 18.8 Å². The fraction of sp³-hybridized carbons (Fsp3) is 0.538. The van der Waals surface area contributed by atoms with Crippen molar-refractivity contribution in [3.8, 4) is 0 Å². The van der Waals surface area contributed by atoms with Gasteiger partial charge in [-0.2, -0.15) is 0 Å². The number of hydrogen-bond donors (Lipinski definition) is 1. The van der Waals surface area contributed by atoms with Crippen LogP contribution >= 0.6 is 11.8 Å². The van der Waals surface area contributed by atoms with Crippen LogP contribution in [0, 0.1) is 0 Å². The SMILES string of the molecule is CCSc1ccc(CN(C)CCNC)cc1. The lowest BCUT2D eigenvalue weighted by molar-refractivity contribution is 0.328. The minimum Gasteiger partial charge on any atom is -0.318 e. The number of likely N-dealkylation sites (N-methyl/N-ethyl adjacent to an activating group) is 2. The third-order valence-electron chi connectivity index (χ3n) is 2.43. The molecule has 0 spiro atoms. The van der Waals surface area contributed by atoms with Crippen LogP contribution < -0.4 is 5.32 Å². The summed E-state index contributed by atoms with van der Waals surface area (Å²) in [6, 6.07) is 8.90. The van der Waals surface area contributed by atoms with E-state index in [0.717, 1.165) is 25.4 Å². The van der Waals surface area contributed by atoms with Crippen molar-refractivity contribution in [3.63, 3.8) is 0 Å². The monoisotopic (exact) mass is 238 g/mol. The van der Waals surface area contributed by atoms with Gasteiger partial charge in [0.2, 0.25) is 0 Å². The summed E-state index contributed by atoms with van der Waals surface area (Å²) < 4.78 is 0. The van der Waals surface area contributed by atoms with Crippen LogP contribution in [0.15, 0.2) is 29.2 Å². The van der Waals surface area contributed by atoms with Gasteiger partial charge in [-0.25, -0.2) is 0 Å². The molecule has 0 aromatic heterocycles. The maximum absolute atomic E-state index is 3.17. The standard InChI is InChI=1S/C13H22N2S/c1-4-16-13-7-5-12(6-8-13)11-15(3)10-9-14-2/h5-8,14H,4,9-11H2,1-3H3. The van der Waals surface area contributed by atoms with E-state index < -0.39 is 0 Å². The highest BCUT2D eigenvalue weighted by molar-refractivity contribution is 7.99. The van der Waals surface area contributed by atoms with Gasteiger partial charge in [0.05, 0.1) is 0 Å². The molecule has 3 heteroatoms. The van der Waals surface area contributed by atoms with Crippen molar-refractivity contribution in [1.29, 1.82) is 0 Å². The Bertz CT molecular complexity index is 284. The summed E-state index contributed by atoms with van der Waals surface area (Å²) in [7, 11) is 4.15. The van der Waals surface area contributed by atoms with E-state index in [9.17, 15) is 0 Å². The Hall–Kier alpha value is -0.510. The number of benzene rings is 1. The molecule has 0 heterocycles. The maximum atomic E-state index is 3.17. The average Bonchev–Trinajstić information content (AvgIpc) is 2.29. The van der Waals surface area contributed by atoms with Crippen molar-refractivity contribution >= 4 is 11.8 Å². The third kappa shape index (κ3) is 5.01. The molecule has 1 aromatic carbocycles. The van der Waals surface area contributed by atoms with Crippen molar-refractivity contribution in [2.45, 2.75) is 18.4 Å². The Morgan fingerprint density at radius 1 is 1.25 bits per heavy atom. The van der Waals surface area contributed by atoms with Gasteiger partial charge in [0, 0.05) is 24.5 Å². The second-order valence-electron chi connectivity index (χ2n) is 3.92. The van der Waals surface area contributed by atoms with Crippen molar-refractivity contribution in [2.24, 2.45) is 0 Å². The molecule has 0 atom stereocenters. The number of nitrogens with one attached hydrogen (secondary N) is 1. The number of nitrogens with zero attached hydrogens (tertiary/aromatic N) is 1. The predicted molar refractivity (Wildman–Crippen MR) is 73.1 cm³/mol. The van der Waals surface area contributed by atoms with E-state index >= 15 is 0 Å². The molecular formula is C13H22N2S. The first-order chi connectivity index (χ1) is 7.76. The van der Waals surface area contributed by atoms with E-state index in [1.165, 1.54) is 10.5 Å². The molecule has 2 nitrogen and oxygen atoms in total. The first kappa shape index (κ1) is 13.6. The zero-order chi connectivity index (χ0) is 11.8. The Morgan fingerprint density at radius 2 is 1.94 bits per heavy atom. The van der Waals surface area contributed by atoms with Crippen molar-refractivity contribution in [2.75, 3.05) is 32.9 Å². The van der Waals surface area contributed by atoms with Gasteiger partial charge in [-0.1, -0.05) is 19.1 Å². The highest BCUT2D eigenvalue weighted by Crippen LogP contribution is 2.18. The molecule has 90 valence electrons. The van der Waals surface area contributed by atoms with Crippen LogP contribution in [0.25, 0.3) is 0 Å². The van der Waals surface area contributed by atoms with Gasteiger partial charge in [0.1, 0.15) is 0 Å². The molecule has 0 saturated heterocycles. The number of hydrogen-bond acceptors (Lipinski definition) is 3. The predicted octanol–water partition coefficient (Wildman–Crippen LogP) is 2.45. The first-order valence-electron chi connectivity index (χ1n) is 5.81. The Kier molecular flexibility index (Phi) is 6.53. The minimum atomic E-state index is 1.03. The second kappa shape index (κ2) is 7.71. The average molecular weight is 238 g/mol. The van der Waals surface area contributed by atoms with Crippen LogP contribution in [-0.4, -0.2) is 37.8 Å². The lowest BCUT2D eigenvalue weighted by atomic mass is 10.2. The molecule has 0 saturated carbocycles. The van der Waals surface area contributed by atoms with Crippen LogP contribution in [0.4, 0.5) is 0 Å². The van der Waals surface area contributed by atoms with Crippen LogP contribution in [0.3, 0.4) is 0 Å². The van der Waals surface area contributed by atoms with E-state index in [1.54, 1.807) is 0 Å². The zero-order valence-corrected chi connectivity index (χ0v) is 11.3.